The number of aliphatic carboxylic acids is 1. The van der Waals surface area contributed by atoms with E-state index in [1.165, 1.54) is 0 Å². The van der Waals surface area contributed by atoms with Gasteiger partial charge in [0.15, 0.2) is 11.3 Å². The molecule has 1 aliphatic rings. The number of phosphoric acid groups is 1. The average Bonchev–Trinajstić information content (AvgIpc) is 2.75. The van der Waals surface area contributed by atoms with E-state index in [1.54, 1.807) is 30.3 Å². The third-order valence-corrected chi connectivity index (χ3v) is 6.41. The Balaban J connectivity index is 2.36. The summed E-state index contributed by atoms with van der Waals surface area (Å²) in [7, 11) is -5.08. The lowest BCUT2D eigenvalue weighted by Crippen LogP contribution is -2.68. The van der Waals surface area contributed by atoms with Crippen molar-refractivity contribution < 1.29 is 43.2 Å². The van der Waals surface area contributed by atoms with E-state index in [0.717, 1.165) is 24.3 Å². The number of phosphoric ester groups is 1. The molecule has 188 valence electrons. The minimum atomic E-state index is -5.08. The summed E-state index contributed by atoms with van der Waals surface area (Å²) in [4.78, 5) is 70.1. The second-order valence-corrected chi connectivity index (χ2v) is 9.44. The van der Waals surface area contributed by atoms with Crippen molar-refractivity contribution in [1.82, 2.24) is 10.2 Å². The van der Waals surface area contributed by atoms with Crippen molar-refractivity contribution in [3.63, 3.8) is 0 Å². The number of carboxylic acids is 1. The fraction of sp³-hybridized carbons (Fsp3) is 0.524. The Labute approximate surface area is 196 Å². The first kappa shape index (κ1) is 27.6. The zero-order chi connectivity index (χ0) is 25.7. The Morgan fingerprint density at radius 3 is 2.35 bits per heavy atom. The molecule has 1 aromatic rings. The van der Waals surface area contributed by atoms with Gasteiger partial charge in [0.25, 0.3) is 0 Å². The third-order valence-electron chi connectivity index (χ3n) is 5.81. The van der Waals surface area contributed by atoms with E-state index in [9.17, 15) is 38.6 Å². The predicted molar refractivity (Wildman–Crippen MR) is 119 cm³/mol. The monoisotopic (exact) mass is 499 g/mol. The van der Waals surface area contributed by atoms with Gasteiger partial charge in [-0.25, -0.2) is 9.36 Å². The first-order valence-electron chi connectivity index (χ1n) is 10.7. The second kappa shape index (κ2) is 11.2. The summed E-state index contributed by atoms with van der Waals surface area (Å²) in [6.45, 7) is 2.10. The number of nitrogens with two attached hydrogens (primary N) is 1. The van der Waals surface area contributed by atoms with Gasteiger partial charge in [-0.1, -0.05) is 30.3 Å². The minimum absolute atomic E-state index is 0.101. The van der Waals surface area contributed by atoms with Gasteiger partial charge >= 0.3 is 13.8 Å². The lowest BCUT2D eigenvalue weighted by Gasteiger charge is -2.44. The number of rotatable bonds is 10. The zero-order valence-electron chi connectivity index (χ0n) is 18.9. The fourth-order valence-corrected chi connectivity index (χ4v) is 4.62. The molecule has 13 heteroatoms. The molecular weight excluding hydrogens is 469 g/mol. The third kappa shape index (κ3) is 6.49. The highest BCUT2D eigenvalue weighted by atomic mass is 31.2. The van der Waals surface area contributed by atoms with Gasteiger partial charge in [-0.05, 0) is 45.1 Å². The lowest BCUT2D eigenvalue weighted by molar-refractivity contribution is -0.169. The van der Waals surface area contributed by atoms with Crippen LogP contribution in [0.3, 0.4) is 0 Å². The molecule has 1 heterocycles. The van der Waals surface area contributed by atoms with E-state index < -0.39 is 55.1 Å². The number of hydrogen-bond donors (Lipinski definition) is 5. The van der Waals surface area contributed by atoms with Crippen LogP contribution in [0.25, 0.3) is 0 Å². The molecule has 2 rings (SSSR count). The van der Waals surface area contributed by atoms with Crippen LogP contribution in [0.15, 0.2) is 30.3 Å². The van der Waals surface area contributed by atoms with Gasteiger partial charge in [-0.3, -0.25) is 18.9 Å². The summed E-state index contributed by atoms with van der Waals surface area (Å²) in [6.07, 6.45) is -0.816. The smallest absolute Gasteiger partial charge is 0.469 e. The number of nitrogens with one attached hydrogen (secondary N) is 1. The van der Waals surface area contributed by atoms with Crippen molar-refractivity contribution in [2.24, 2.45) is 5.73 Å². The van der Waals surface area contributed by atoms with Crippen LogP contribution in [0.2, 0.25) is 0 Å². The standard InChI is InChI=1S/C21H30N3O9P/c1-13(33-34(30,31)32)17(23-18(26)16(22)12-15-8-4-3-5-9-15)19(27)24-11-7-6-10-21(24,14(2)25)20(28)29/h3-5,8-9,13,16-17H,6-7,10-12,22H2,1-2H3,(H,23,26)(H,28,29)(H2,30,31,32)/t13-,16+,17+,21?/m1/s1. The largest absolute Gasteiger partial charge is 0.479 e. The number of Topliss-reactive ketones (excluding diaryl/α,β-unsaturated/α-hetero) is 1. The van der Waals surface area contributed by atoms with Gasteiger partial charge in [0.05, 0.1) is 12.1 Å². The van der Waals surface area contributed by atoms with Crippen molar-refractivity contribution in [2.45, 2.75) is 63.3 Å². The zero-order valence-corrected chi connectivity index (χ0v) is 19.8. The molecule has 6 N–H and O–H groups in total. The van der Waals surface area contributed by atoms with Crippen LogP contribution in [0.1, 0.15) is 38.7 Å². The van der Waals surface area contributed by atoms with Crippen LogP contribution in [0, 0.1) is 0 Å². The number of nitrogens with zero attached hydrogens (tertiary/aromatic N) is 1. The summed E-state index contributed by atoms with van der Waals surface area (Å²) in [6, 6.07) is 5.95. The number of carbonyl (C=O) groups excluding carboxylic acids is 3. The van der Waals surface area contributed by atoms with Crippen molar-refractivity contribution in [2.75, 3.05) is 6.54 Å². The van der Waals surface area contributed by atoms with Gasteiger partial charge in [0.2, 0.25) is 11.8 Å². The Morgan fingerprint density at radius 1 is 1.21 bits per heavy atom. The highest BCUT2D eigenvalue weighted by molar-refractivity contribution is 7.46. The Bertz CT molecular complexity index is 951. The summed E-state index contributed by atoms with van der Waals surface area (Å²) >= 11 is 0. The average molecular weight is 499 g/mol. The molecule has 0 aliphatic carbocycles. The van der Waals surface area contributed by atoms with E-state index in [0.29, 0.717) is 12.8 Å². The maximum absolute atomic E-state index is 13.5. The molecule has 1 fully saturated rings. The molecule has 0 aromatic heterocycles. The minimum Gasteiger partial charge on any atom is -0.479 e. The molecule has 0 bridgehead atoms. The predicted octanol–water partition coefficient (Wildman–Crippen LogP) is -0.0361. The quantitative estimate of drug-likeness (QED) is 0.215. The normalized spacial score (nSPS) is 21.3. The summed E-state index contributed by atoms with van der Waals surface area (Å²) in [5.41, 5.74) is 4.55. The molecule has 0 saturated carbocycles. The number of amides is 2. The van der Waals surface area contributed by atoms with Crippen LogP contribution in [-0.2, 0) is 34.7 Å². The number of piperidine rings is 1. The number of hydrogen-bond acceptors (Lipinski definition) is 7. The maximum atomic E-state index is 13.5. The Morgan fingerprint density at radius 2 is 1.82 bits per heavy atom. The van der Waals surface area contributed by atoms with E-state index in [2.05, 4.69) is 9.84 Å². The molecule has 2 amide bonds. The molecule has 34 heavy (non-hydrogen) atoms. The van der Waals surface area contributed by atoms with Crippen LogP contribution < -0.4 is 11.1 Å². The van der Waals surface area contributed by atoms with Crippen molar-refractivity contribution in [3.8, 4) is 0 Å². The van der Waals surface area contributed by atoms with Crippen LogP contribution in [-0.4, -0.2) is 73.6 Å². The van der Waals surface area contributed by atoms with Gasteiger partial charge in [0, 0.05) is 6.54 Å². The molecule has 12 nitrogen and oxygen atoms in total. The van der Waals surface area contributed by atoms with Crippen LogP contribution in [0.4, 0.5) is 0 Å². The van der Waals surface area contributed by atoms with E-state index in [4.69, 9.17) is 5.73 Å². The fourth-order valence-electron chi connectivity index (χ4n) is 4.06. The van der Waals surface area contributed by atoms with Gasteiger partial charge < -0.3 is 30.8 Å². The van der Waals surface area contributed by atoms with Gasteiger partial charge in [-0.15, -0.1) is 0 Å². The number of likely N-dealkylation sites (tertiary alicyclic amines) is 1. The first-order chi connectivity index (χ1) is 15.8. The number of benzene rings is 1. The van der Waals surface area contributed by atoms with E-state index in [-0.39, 0.29) is 19.4 Å². The summed E-state index contributed by atoms with van der Waals surface area (Å²) < 4.78 is 16.0. The van der Waals surface area contributed by atoms with Gasteiger partial charge in [0.1, 0.15) is 6.04 Å². The van der Waals surface area contributed by atoms with Crippen LogP contribution in [0.5, 0.6) is 0 Å². The maximum Gasteiger partial charge on any atom is 0.469 e. The van der Waals surface area contributed by atoms with Gasteiger partial charge in [-0.2, -0.15) is 0 Å². The number of carbonyl (C=O) groups is 4. The summed E-state index contributed by atoms with van der Waals surface area (Å²) in [5, 5.41) is 12.2. The first-order valence-corrected chi connectivity index (χ1v) is 12.2. The summed E-state index contributed by atoms with van der Waals surface area (Å²) in [5.74, 6) is -4.13. The van der Waals surface area contributed by atoms with Crippen molar-refractivity contribution in [1.29, 1.82) is 0 Å². The topological polar surface area (TPSA) is 197 Å². The second-order valence-electron chi connectivity index (χ2n) is 8.25. The van der Waals surface area contributed by atoms with Crippen molar-refractivity contribution in [3.05, 3.63) is 35.9 Å². The molecule has 4 atom stereocenters. The molecular formula is C21H30N3O9P. The van der Waals surface area contributed by atoms with Crippen molar-refractivity contribution >= 4 is 31.4 Å². The molecule has 0 radical (unpaired) electrons. The molecule has 0 spiro atoms. The highest BCUT2D eigenvalue weighted by Crippen LogP contribution is 2.39. The SMILES string of the molecule is CC(=O)C1(C(=O)O)CCCCN1C(=O)[C@@H](NC(=O)[C@@H](N)Cc1ccccc1)[C@@H](C)OP(=O)(O)O. The molecule has 1 saturated heterocycles. The Hall–Kier alpha value is -2.63. The van der Waals surface area contributed by atoms with E-state index in [1.807, 2.05) is 0 Å². The lowest BCUT2D eigenvalue weighted by atomic mass is 9.82. The molecule has 1 aromatic carbocycles. The van der Waals surface area contributed by atoms with Crippen LogP contribution >= 0.6 is 7.82 Å². The number of carboxylic acid groups (broad SMARTS) is 1. The molecule has 1 unspecified atom stereocenters. The highest BCUT2D eigenvalue weighted by Gasteiger charge is 2.54. The number of ketones is 1. The molecule has 1 aliphatic heterocycles. The van der Waals surface area contributed by atoms with E-state index >= 15 is 0 Å². The Kier molecular flexibility index (Phi) is 9.09.